The average molecular weight is 327 g/mol. The van der Waals surface area contributed by atoms with Gasteiger partial charge in [0.05, 0.1) is 19.8 Å². The summed E-state index contributed by atoms with van der Waals surface area (Å²) < 4.78 is 15.0. The standard InChI is InChI=1S/C16H25NO6/c1-5-17-11(9-10-12(17)14(18)21-6-2)13(15(19)22-7-3)16(20)23-8-4/h12H,5-10H2,1-4H3/t12-/m0/s1. The Bertz CT molecular complexity index is 465. The van der Waals surface area contributed by atoms with E-state index in [0.29, 0.717) is 25.1 Å². The van der Waals surface area contributed by atoms with Crippen molar-refractivity contribution in [3.05, 3.63) is 11.3 Å². The van der Waals surface area contributed by atoms with Gasteiger partial charge < -0.3 is 19.1 Å². The molecule has 7 nitrogen and oxygen atoms in total. The van der Waals surface area contributed by atoms with Crippen molar-refractivity contribution in [1.29, 1.82) is 0 Å². The van der Waals surface area contributed by atoms with E-state index in [2.05, 4.69) is 0 Å². The number of carbonyl (C=O) groups excluding carboxylic acids is 3. The van der Waals surface area contributed by atoms with Gasteiger partial charge in [-0.25, -0.2) is 14.4 Å². The van der Waals surface area contributed by atoms with E-state index in [0.717, 1.165) is 0 Å². The summed E-state index contributed by atoms with van der Waals surface area (Å²) in [4.78, 5) is 38.2. The van der Waals surface area contributed by atoms with Gasteiger partial charge in [-0.05, 0) is 40.5 Å². The molecule has 0 aromatic carbocycles. The maximum Gasteiger partial charge on any atom is 0.347 e. The lowest BCUT2D eigenvalue weighted by Crippen LogP contribution is -2.38. The fourth-order valence-electron chi connectivity index (χ4n) is 2.65. The van der Waals surface area contributed by atoms with Crippen molar-refractivity contribution >= 4 is 17.9 Å². The van der Waals surface area contributed by atoms with E-state index in [-0.39, 0.29) is 31.4 Å². The molecule has 1 aliphatic rings. The van der Waals surface area contributed by atoms with Crippen molar-refractivity contribution in [1.82, 2.24) is 4.90 Å². The number of allylic oxidation sites excluding steroid dienone is 1. The lowest BCUT2D eigenvalue weighted by molar-refractivity contribution is -0.149. The highest BCUT2D eigenvalue weighted by Crippen LogP contribution is 2.31. The number of carbonyl (C=O) groups is 3. The Morgan fingerprint density at radius 1 is 0.957 bits per heavy atom. The van der Waals surface area contributed by atoms with Gasteiger partial charge in [0.15, 0.2) is 5.57 Å². The molecule has 1 atom stereocenters. The number of hydrogen-bond acceptors (Lipinski definition) is 7. The number of likely N-dealkylation sites (tertiary alicyclic amines) is 1. The Balaban J connectivity index is 3.20. The summed E-state index contributed by atoms with van der Waals surface area (Å²) in [6.45, 7) is 7.99. The van der Waals surface area contributed by atoms with Crippen LogP contribution >= 0.6 is 0 Å². The molecule has 0 N–H and O–H groups in total. The molecule has 7 heteroatoms. The van der Waals surface area contributed by atoms with Crippen LogP contribution in [0.15, 0.2) is 11.3 Å². The van der Waals surface area contributed by atoms with E-state index in [1.807, 2.05) is 6.92 Å². The molecule has 0 aliphatic carbocycles. The van der Waals surface area contributed by atoms with E-state index >= 15 is 0 Å². The SMILES string of the molecule is CCOC(=O)C(C(=O)OCC)=C1CC[C@@H](C(=O)OCC)N1CC. The highest BCUT2D eigenvalue weighted by atomic mass is 16.6. The highest BCUT2D eigenvalue weighted by molar-refractivity contribution is 6.14. The Hall–Kier alpha value is -2.05. The van der Waals surface area contributed by atoms with Gasteiger partial charge in [0.1, 0.15) is 6.04 Å². The molecule has 0 bridgehead atoms. The third kappa shape index (κ3) is 4.46. The maximum atomic E-state index is 12.2. The Morgan fingerprint density at radius 2 is 1.48 bits per heavy atom. The van der Waals surface area contributed by atoms with Crippen molar-refractivity contribution in [2.75, 3.05) is 26.4 Å². The van der Waals surface area contributed by atoms with Crippen LogP contribution in [0, 0.1) is 0 Å². The normalized spacial score (nSPS) is 17.0. The van der Waals surface area contributed by atoms with Gasteiger partial charge in [0, 0.05) is 12.2 Å². The van der Waals surface area contributed by atoms with Crippen LogP contribution in [0.2, 0.25) is 0 Å². The largest absolute Gasteiger partial charge is 0.464 e. The molecule has 0 unspecified atom stereocenters. The molecule has 1 saturated heterocycles. The van der Waals surface area contributed by atoms with Crippen LogP contribution in [0.25, 0.3) is 0 Å². The van der Waals surface area contributed by atoms with Crippen molar-refractivity contribution in [2.45, 2.75) is 46.6 Å². The number of likely N-dealkylation sites (N-methyl/N-ethyl adjacent to an activating group) is 1. The predicted molar refractivity (Wildman–Crippen MR) is 82.3 cm³/mol. The van der Waals surface area contributed by atoms with E-state index in [4.69, 9.17) is 14.2 Å². The first kappa shape index (κ1) is 19.0. The molecule has 130 valence electrons. The minimum Gasteiger partial charge on any atom is -0.464 e. The first-order chi connectivity index (χ1) is 11.0. The van der Waals surface area contributed by atoms with Crippen molar-refractivity contribution in [3.8, 4) is 0 Å². The Labute approximate surface area is 136 Å². The van der Waals surface area contributed by atoms with Crippen LogP contribution in [0.1, 0.15) is 40.5 Å². The van der Waals surface area contributed by atoms with E-state index in [1.54, 1.807) is 25.7 Å². The van der Waals surface area contributed by atoms with Crippen molar-refractivity contribution in [3.63, 3.8) is 0 Å². The first-order valence-corrected chi connectivity index (χ1v) is 8.02. The highest BCUT2D eigenvalue weighted by Gasteiger charge is 2.39. The average Bonchev–Trinajstić information content (AvgIpc) is 2.92. The Morgan fingerprint density at radius 3 is 1.91 bits per heavy atom. The Kier molecular flexibility index (Phi) is 7.57. The van der Waals surface area contributed by atoms with E-state index in [9.17, 15) is 14.4 Å². The summed E-state index contributed by atoms with van der Waals surface area (Å²) in [6.07, 6.45) is 0.911. The molecule has 1 fully saturated rings. The summed E-state index contributed by atoms with van der Waals surface area (Å²) >= 11 is 0. The van der Waals surface area contributed by atoms with E-state index in [1.165, 1.54) is 0 Å². The molecule has 0 radical (unpaired) electrons. The van der Waals surface area contributed by atoms with Gasteiger partial charge in [0.2, 0.25) is 0 Å². The van der Waals surface area contributed by atoms with Gasteiger partial charge in [-0.3, -0.25) is 0 Å². The second kappa shape index (κ2) is 9.17. The summed E-state index contributed by atoms with van der Waals surface area (Å²) in [5.41, 5.74) is 0.366. The lowest BCUT2D eigenvalue weighted by atomic mass is 10.1. The minimum atomic E-state index is -0.719. The topological polar surface area (TPSA) is 82.1 Å². The second-order valence-electron chi connectivity index (χ2n) is 4.86. The molecule has 0 aromatic heterocycles. The minimum absolute atomic E-state index is 0.123. The van der Waals surface area contributed by atoms with Crippen LogP contribution in [-0.4, -0.2) is 55.2 Å². The van der Waals surface area contributed by atoms with Gasteiger partial charge in [0.25, 0.3) is 0 Å². The number of rotatable bonds is 7. The molecule has 0 aromatic rings. The van der Waals surface area contributed by atoms with Crippen LogP contribution in [0.4, 0.5) is 0 Å². The van der Waals surface area contributed by atoms with Crippen molar-refractivity contribution in [2.24, 2.45) is 0 Å². The van der Waals surface area contributed by atoms with Gasteiger partial charge in [-0.1, -0.05) is 0 Å². The smallest absolute Gasteiger partial charge is 0.347 e. The fourth-order valence-corrected chi connectivity index (χ4v) is 2.65. The van der Waals surface area contributed by atoms with Crippen LogP contribution in [0.5, 0.6) is 0 Å². The number of nitrogens with zero attached hydrogens (tertiary/aromatic N) is 1. The van der Waals surface area contributed by atoms with Crippen LogP contribution < -0.4 is 0 Å². The van der Waals surface area contributed by atoms with Crippen molar-refractivity contribution < 1.29 is 28.6 Å². The number of esters is 3. The summed E-state index contributed by atoms with van der Waals surface area (Å²) in [5.74, 6) is -1.79. The molecule has 1 heterocycles. The monoisotopic (exact) mass is 327 g/mol. The second-order valence-corrected chi connectivity index (χ2v) is 4.86. The van der Waals surface area contributed by atoms with Crippen LogP contribution in [0.3, 0.4) is 0 Å². The summed E-state index contributed by atoms with van der Waals surface area (Å²) in [7, 11) is 0. The van der Waals surface area contributed by atoms with Crippen LogP contribution in [-0.2, 0) is 28.6 Å². The zero-order valence-electron chi connectivity index (χ0n) is 14.2. The lowest BCUT2D eigenvalue weighted by Gasteiger charge is -2.26. The van der Waals surface area contributed by atoms with Gasteiger partial charge >= 0.3 is 17.9 Å². The zero-order chi connectivity index (χ0) is 17.4. The molecular weight excluding hydrogens is 302 g/mol. The van der Waals surface area contributed by atoms with E-state index < -0.39 is 18.0 Å². The molecule has 1 rings (SSSR count). The summed E-state index contributed by atoms with van der Waals surface area (Å²) in [6, 6.07) is -0.492. The molecule has 23 heavy (non-hydrogen) atoms. The zero-order valence-corrected chi connectivity index (χ0v) is 14.2. The third-order valence-electron chi connectivity index (χ3n) is 3.52. The third-order valence-corrected chi connectivity index (χ3v) is 3.52. The first-order valence-electron chi connectivity index (χ1n) is 8.02. The number of ether oxygens (including phenoxy) is 3. The molecule has 1 aliphatic heterocycles. The summed E-state index contributed by atoms with van der Waals surface area (Å²) in [5, 5.41) is 0. The molecule has 0 saturated carbocycles. The molecule has 0 spiro atoms. The maximum absolute atomic E-state index is 12.2. The quantitative estimate of drug-likeness (QED) is 0.230. The van der Waals surface area contributed by atoms with Gasteiger partial charge in [-0.2, -0.15) is 0 Å². The molecular formula is C16H25NO6. The van der Waals surface area contributed by atoms with Gasteiger partial charge in [-0.15, -0.1) is 0 Å². The molecule has 0 amide bonds. The number of hydrogen-bond donors (Lipinski definition) is 0. The fraction of sp³-hybridized carbons (Fsp3) is 0.688. The predicted octanol–water partition coefficient (Wildman–Crippen LogP) is 1.41.